The maximum Gasteiger partial charge on any atom is 0.324 e. The molecule has 2 aliphatic heterocycles. The van der Waals surface area contributed by atoms with Crippen LogP contribution in [0, 0.1) is 5.92 Å². The Hall–Kier alpha value is -1.70. The number of hydrogen-bond donors (Lipinski definition) is 3. The van der Waals surface area contributed by atoms with Crippen LogP contribution in [-0.4, -0.2) is 49.8 Å². The van der Waals surface area contributed by atoms with Crippen molar-refractivity contribution >= 4 is 11.8 Å². The SMILES string of the molecule is CCOC(=O)C1NNCC1CNCc1cccnc1N1CCCCCCC1. The van der Waals surface area contributed by atoms with Crippen molar-refractivity contribution < 1.29 is 9.53 Å². The number of aromatic nitrogens is 1. The first-order chi connectivity index (χ1) is 13.3. The van der Waals surface area contributed by atoms with Gasteiger partial charge in [-0.15, -0.1) is 0 Å². The molecule has 2 saturated heterocycles. The van der Waals surface area contributed by atoms with Gasteiger partial charge >= 0.3 is 5.97 Å². The molecule has 0 amide bonds. The lowest BCUT2D eigenvalue weighted by atomic mass is 10.0. The minimum absolute atomic E-state index is 0.172. The lowest BCUT2D eigenvalue weighted by Crippen LogP contribution is -2.42. The van der Waals surface area contributed by atoms with Gasteiger partial charge in [0, 0.05) is 50.4 Å². The third-order valence-corrected chi connectivity index (χ3v) is 5.38. The fourth-order valence-electron chi connectivity index (χ4n) is 3.91. The third kappa shape index (κ3) is 5.64. The molecule has 3 rings (SSSR count). The van der Waals surface area contributed by atoms with E-state index in [1.54, 1.807) is 0 Å². The first-order valence-electron chi connectivity index (χ1n) is 10.3. The highest BCUT2D eigenvalue weighted by Gasteiger charge is 2.33. The molecule has 0 radical (unpaired) electrons. The van der Waals surface area contributed by atoms with Crippen molar-refractivity contribution in [1.82, 2.24) is 21.2 Å². The van der Waals surface area contributed by atoms with Gasteiger partial charge in [0.05, 0.1) is 6.61 Å². The third-order valence-electron chi connectivity index (χ3n) is 5.38. The van der Waals surface area contributed by atoms with Crippen LogP contribution in [0.4, 0.5) is 5.82 Å². The van der Waals surface area contributed by atoms with Crippen molar-refractivity contribution in [1.29, 1.82) is 0 Å². The van der Waals surface area contributed by atoms with Crippen molar-refractivity contribution in [3.05, 3.63) is 23.9 Å². The summed E-state index contributed by atoms with van der Waals surface area (Å²) >= 11 is 0. The summed E-state index contributed by atoms with van der Waals surface area (Å²) in [5, 5.41) is 3.52. The number of rotatable bonds is 7. The lowest BCUT2D eigenvalue weighted by molar-refractivity contribution is -0.146. The summed E-state index contributed by atoms with van der Waals surface area (Å²) in [5.41, 5.74) is 7.33. The molecule has 0 saturated carbocycles. The Bertz CT molecular complexity index is 589. The fraction of sp³-hybridized carbons (Fsp3) is 0.700. The summed E-state index contributed by atoms with van der Waals surface area (Å²) in [6.07, 6.45) is 8.35. The van der Waals surface area contributed by atoms with E-state index in [-0.39, 0.29) is 17.9 Å². The summed E-state index contributed by atoms with van der Waals surface area (Å²) in [4.78, 5) is 19.2. The molecule has 0 aromatic carbocycles. The van der Waals surface area contributed by atoms with E-state index in [0.29, 0.717) is 6.61 Å². The van der Waals surface area contributed by atoms with Crippen molar-refractivity contribution in [3.63, 3.8) is 0 Å². The van der Waals surface area contributed by atoms with E-state index in [9.17, 15) is 4.79 Å². The molecule has 0 spiro atoms. The maximum absolute atomic E-state index is 12.0. The molecular formula is C20H33N5O2. The number of carbonyl (C=O) groups excluding carboxylic acids is 1. The average molecular weight is 376 g/mol. The average Bonchev–Trinajstić information content (AvgIpc) is 3.11. The van der Waals surface area contributed by atoms with E-state index in [0.717, 1.165) is 38.5 Å². The minimum Gasteiger partial charge on any atom is -0.465 e. The first kappa shape index (κ1) is 20.0. The molecule has 0 aliphatic carbocycles. The van der Waals surface area contributed by atoms with Gasteiger partial charge in [0.2, 0.25) is 0 Å². The number of ether oxygens (including phenoxy) is 1. The number of hydrogen-bond acceptors (Lipinski definition) is 7. The Morgan fingerprint density at radius 3 is 2.85 bits per heavy atom. The zero-order chi connectivity index (χ0) is 18.9. The summed E-state index contributed by atoms with van der Waals surface area (Å²) in [5.74, 6) is 1.10. The van der Waals surface area contributed by atoms with Crippen LogP contribution in [0.25, 0.3) is 0 Å². The number of anilines is 1. The van der Waals surface area contributed by atoms with Crippen molar-refractivity contribution in [3.8, 4) is 0 Å². The molecule has 3 heterocycles. The van der Waals surface area contributed by atoms with E-state index in [2.05, 4.69) is 32.1 Å². The van der Waals surface area contributed by atoms with Crippen molar-refractivity contribution in [2.45, 2.75) is 51.6 Å². The zero-order valence-corrected chi connectivity index (χ0v) is 16.4. The molecule has 0 bridgehead atoms. The highest BCUT2D eigenvalue weighted by atomic mass is 16.5. The Balaban J connectivity index is 1.55. The van der Waals surface area contributed by atoms with Crippen LogP contribution in [-0.2, 0) is 16.1 Å². The number of nitrogens with zero attached hydrogens (tertiary/aromatic N) is 2. The van der Waals surface area contributed by atoms with Crippen LogP contribution < -0.4 is 21.1 Å². The van der Waals surface area contributed by atoms with Crippen LogP contribution in [0.1, 0.15) is 44.6 Å². The van der Waals surface area contributed by atoms with Crippen molar-refractivity contribution in [2.75, 3.05) is 37.7 Å². The Morgan fingerprint density at radius 2 is 2.07 bits per heavy atom. The van der Waals surface area contributed by atoms with Gasteiger partial charge in [0.25, 0.3) is 0 Å². The largest absolute Gasteiger partial charge is 0.465 e. The van der Waals surface area contributed by atoms with E-state index >= 15 is 0 Å². The van der Waals surface area contributed by atoms with E-state index in [1.165, 1.54) is 37.7 Å². The summed E-state index contributed by atoms with van der Waals surface area (Å²) < 4.78 is 5.16. The number of esters is 1. The number of carbonyl (C=O) groups is 1. The minimum atomic E-state index is -0.292. The van der Waals surface area contributed by atoms with Crippen LogP contribution in [0.2, 0.25) is 0 Å². The fourth-order valence-corrected chi connectivity index (χ4v) is 3.91. The van der Waals surface area contributed by atoms with Gasteiger partial charge in [-0.05, 0) is 25.8 Å². The van der Waals surface area contributed by atoms with Gasteiger partial charge in [-0.2, -0.15) is 0 Å². The van der Waals surface area contributed by atoms with E-state index < -0.39 is 0 Å². The van der Waals surface area contributed by atoms with Gasteiger partial charge < -0.3 is 15.0 Å². The molecule has 150 valence electrons. The monoisotopic (exact) mass is 375 g/mol. The Labute approximate surface area is 162 Å². The molecule has 2 fully saturated rings. The Kier molecular flexibility index (Phi) is 7.86. The topological polar surface area (TPSA) is 78.5 Å². The zero-order valence-electron chi connectivity index (χ0n) is 16.4. The molecule has 3 N–H and O–H groups in total. The summed E-state index contributed by atoms with van der Waals surface area (Å²) in [6.45, 7) is 6.68. The van der Waals surface area contributed by atoms with Gasteiger partial charge in [0.15, 0.2) is 0 Å². The number of hydrazine groups is 1. The normalized spacial score (nSPS) is 23.7. The molecule has 2 atom stereocenters. The second-order valence-electron chi connectivity index (χ2n) is 7.39. The molecule has 1 aromatic heterocycles. The van der Waals surface area contributed by atoms with Crippen LogP contribution in [0.15, 0.2) is 18.3 Å². The van der Waals surface area contributed by atoms with Gasteiger partial charge in [-0.3, -0.25) is 10.2 Å². The molecule has 7 nitrogen and oxygen atoms in total. The number of nitrogens with one attached hydrogen (secondary N) is 3. The van der Waals surface area contributed by atoms with Gasteiger partial charge in [-0.25, -0.2) is 10.4 Å². The van der Waals surface area contributed by atoms with Gasteiger partial charge in [-0.1, -0.05) is 25.3 Å². The molecule has 7 heteroatoms. The smallest absolute Gasteiger partial charge is 0.324 e. The van der Waals surface area contributed by atoms with Gasteiger partial charge in [0.1, 0.15) is 11.9 Å². The molecule has 2 aliphatic rings. The standard InChI is InChI=1S/C20H33N5O2/c1-2-27-20(26)18-17(15-23-24-18)14-21-13-16-9-8-10-22-19(16)25-11-6-4-3-5-7-12-25/h8-10,17-18,21,23-24H,2-7,11-15H2,1H3. The van der Waals surface area contributed by atoms with Crippen molar-refractivity contribution in [2.24, 2.45) is 5.92 Å². The second-order valence-corrected chi connectivity index (χ2v) is 7.39. The molecule has 2 unspecified atom stereocenters. The maximum atomic E-state index is 12.0. The summed E-state index contributed by atoms with van der Waals surface area (Å²) in [7, 11) is 0. The lowest BCUT2D eigenvalue weighted by Gasteiger charge is -2.28. The quantitative estimate of drug-likeness (QED) is 0.625. The predicted octanol–water partition coefficient (Wildman–Crippen LogP) is 1.60. The van der Waals surface area contributed by atoms with E-state index in [4.69, 9.17) is 4.74 Å². The second kappa shape index (κ2) is 10.6. The summed E-state index contributed by atoms with van der Waals surface area (Å²) in [6, 6.07) is 3.87. The van der Waals surface area contributed by atoms with Crippen LogP contribution in [0.3, 0.4) is 0 Å². The molecule has 1 aromatic rings. The molecule has 27 heavy (non-hydrogen) atoms. The number of pyridine rings is 1. The Morgan fingerprint density at radius 1 is 1.30 bits per heavy atom. The van der Waals surface area contributed by atoms with Crippen LogP contribution >= 0.6 is 0 Å². The predicted molar refractivity (Wildman–Crippen MR) is 106 cm³/mol. The first-order valence-corrected chi connectivity index (χ1v) is 10.3. The highest BCUT2D eigenvalue weighted by Crippen LogP contribution is 2.21. The highest BCUT2D eigenvalue weighted by molar-refractivity contribution is 5.76. The van der Waals surface area contributed by atoms with E-state index in [1.807, 2.05) is 19.2 Å². The van der Waals surface area contributed by atoms with Crippen LogP contribution in [0.5, 0.6) is 0 Å². The molecular weight excluding hydrogens is 342 g/mol.